The molecule has 0 saturated carbocycles. The fourth-order valence-corrected chi connectivity index (χ4v) is 2.59. The molecule has 2 rings (SSSR count). The van der Waals surface area contributed by atoms with Crippen LogP contribution in [-0.4, -0.2) is 38.3 Å². The average Bonchev–Trinajstić information content (AvgIpc) is 2.80. The number of halogens is 1. The second kappa shape index (κ2) is 4.66. The zero-order chi connectivity index (χ0) is 12.6. The van der Waals surface area contributed by atoms with E-state index < -0.39 is 5.97 Å². The van der Waals surface area contributed by atoms with Crippen molar-refractivity contribution in [1.29, 1.82) is 0 Å². The van der Waals surface area contributed by atoms with Crippen LogP contribution in [0, 0.1) is 6.92 Å². The van der Waals surface area contributed by atoms with Crippen molar-refractivity contribution in [2.45, 2.75) is 32.4 Å². The lowest BCUT2D eigenvalue weighted by molar-refractivity contribution is -0.142. The third kappa shape index (κ3) is 2.30. The predicted molar refractivity (Wildman–Crippen MR) is 64.0 cm³/mol. The minimum atomic E-state index is -0.750. The Morgan fingerprint density at radius 3 is 2.88 bits per heavy atom. The maximum Gasteiger partial charge on any atom is 0.320 e. The first-order valence-corrected chi connectivity index (χ1v) is 6.03. The summed E-state index contributed by atoms with van der Waals surface area (Å²) >= 11 is 6.15. The van der Waals surface area contributed by atoms with E-state index in [9.17, 15) is 4.79 Å². The van der Waals surface area contributed by atoms with E-state index in [4.69, 9.17) is 16.7 Å². The van der Waals surface area contributed by atoms with Crippen LogP contribution < -0.4 is 0 Å². The predicted octanol–water partition coefficient (Wildman–Crippen LogP) is 1.43. The maximum absolute atomic E-state index is 11.1. The van der Waals surface area contributed by atoms with Gasteiger partial charge in [-0.3, -0.25) is 14.4 Å². The first kappa shape index (κ1) is 12.4. The number of rotatable bonds is 3. The van der Waals surface area contributed by atoms with Crippen molar-refractivity contribution in [3.63, 3.8) is 0 Å². The summed E-state index contributed by atoms with van der Waals surface area (Å²) < 4.78 is 1.62. The molecule has 1 aliphatic rings. The molecular weight excluding hydrogens is 242 g/mol. The first-order valence-electron chi connectivity index (χ1n) is 5.65. The Hall–Kier alpha value is -1.07. The zero-order valence-electron chi connectivity index (χ0n) is 9.98. The van der Waals surface area contributed by atoms with Crippen molar-refractivity contribution < 1.29 is 9.90 Å². The summed E-state index contributed by atoms with van der Waals surface area (Å²) in [6.07, 6.45) is 1.64. The fraction of sp³-hybridized carbons (Fsp3) is 0.636. The molecule has 2 heterocycles. The van der Waals surface area contributed by atoms with Crippen molar-refractivity contribution in [2.24, 2.45) is 7.05 Å². The minimum Gasteiger partial charge on any atom is -0.480 e. The highest BCUT2D eigenvalue weighted by atomic mass is 35.5. The number of aromatic nitrogens is 2. The second-order valence-corrected chi connectivity index (χ2v) is 4.80. The van der Waals surface area contributed by atoms with Gasteiger partial charge in [0.25, 0.3) is 0 Å². The van der Waals surface area contributed by atoms with Crippen molar-refractivity contribution in [2.75, 3.05) is 6.54 Å². The molecule has 5 nitrogen and oxygen atoms in total. The molecule has 6 heteroatoms. The number of aliphatic carboxylic acids is 1. The van der Waals surface area contributed by atoms with E-state index in [-0.39, 0.29) is 6.04 Å². The number of nitrogens with zero attached hydrogens (tertiary/aromatic N) is 3. The van der Waals surface area contributed by atoms with E-state index >= 15 is 0 Å². The Morgan fingerprint density at radius 1 is 1.65 bits per heavy atom. The van der Waals surface area contributed by atoms with Gasteiger partial charge in [-0.1, -0.05) is 11.6 Å². The summed E-state index contributed by atoms with van der Waals surface area (Å²) in [5, 5.41) is 13.9. The molecule has 1 unspecified atom stereocenters. The number of hydrogen-bond donors (Lipinski definition) is 1. The summed E-state index contributed by atoms with van der Waals surface area (Å²) in [7, 11) is 1.79. The van der Waals surface area contributed by atoms with Crippen LogP contribution in [0.2, 0.25) is 5.15 Å². The van der Waals surface area contributed by atoms with Gasteiger partial charge in [-0.15, -0.1) is 0 Å². The normalized spacial score (nSPS) is 21.0. The largest absolute Gasteiger partial charge is 0.480 e. The van der Waals surface area contributed by atoms with Crippen LogP contribution >= 0.6 is 11.6 Å². The third-order valence-electron chi connectivity index (χ3n) is 3.28. The summed E-state index contributed by atoms with van der Waals surface area (Å²) in [6.45, 7) is 3.27. The first-order chi connectivity index (χ1) is 8.00. The van der Waals surface area contributed by atoms with E-state index in [2.05, 4.69) is 5.10 Å². The Kier molecular flexibility index (Phi) is 3.40. The number of carbonyl (C=O) groups is 1. The number of aryl methyl sites for hydroxylation is 2. The van der Waals surface area contributed by atoms with Gasteiger partial charge in [0.1, 0.15) is 11.2 Å². The van der Waals surface area contributed by atoms with Crippen LogP contribution in [-0.2, 0) is 18.4 Å². The van der Waals surface area contributed by atoms with Gasteiger partial charge in [0.15, 0.2) is 0 Å². The van der Waals surface area contributed by atoms with Crippen LogP contribution in [0.25, 0.3) is 0 Å². The highest BCUT2D eigenvalue weighted by Gasteiger charge is 2.31. The van der Waals surface area contributed by atoms with Crippen LogP contribution in [0.15, 0.2) is 0 Å². The van der Waals surface area contributed by atoms with E-state index in [1.807, 2.05) is 11.8 Å². The number of carboxylic acids is 1. The lowest BCUT2D eigenvalue weighted by atomic mass is 10.2. The smallest absolute Gasteiger partial charge is 0.320 e. The number of carboxylic acid groups (broad SMARTS) is 1. The Labute approximate surface area is 105 Å². The zero-order valence-corrected chi connectivity index (χ0v) is 10.7. The van der Waals surface area contributed by atoms with Gasteiger partial charge in [-0.05, 0) is 26.3 Å². The monoisotopic (exact) mass is 257 g/mol. The molecular formula is C11H16ClN3O2. The Morgan fingerprint density at radius 2 is 2.35 bits per heavy atom. The molecule has 1 fully saturated rings. The highest BCUT2D eigenvalue weighted by Crippen LogP contribution is 2.25. The van der Waals surface area contributed by atoms with E-state index in [1.165, 1.54) is 0 Å². The van der Waals surface area contributed by atoms with Gasteiger partial charge in [0.2, 0.25) is 0 Å². The quantitative estimate of drug-likeness (QED) is 0.890. The lowest BCUT2D eigenvalue weighted by Gasteiger charge is -2.20. The molecule has 0 aliphatic carbocycles. The summed E-state index contributed by atoms with van der Waals surface area (Å²) in [5.41, 5.74) is 1.80. The summed E-state index contributed by atoms with van der Waals surface area (Å²) in [6, 6.07) is -0.384. The van der Waals surface area contributed by atoms with E-state index in [0.717, 1.165) is 24.2 Å². The van der Waals surface area contributed by atoms with Gasteiger partial charge in [-0.2, -0.15) is 5.10 Å². The van der Waals surface area contributed by atoms with Gasteiger partial charge >= 0.3 is 5.97 Å². The topological polar surface area (TPSA) is 58.4 Å². The molecule has 1 saturated heterocycles. The van der Waals surface area contributed by atoms with Crippen molar-refractivity contribution >= 4 is 17.6 Å². The van der Waals surface area contributed by atoms with Crippen molar-refractivity contribution in [1.82, 2.24) is 14.7 Å². The standard InChI is InChI=1S/C11H16ClN3O2/c1-7-8(10(12)14(2)13-7)6-15-5-3-4-9(15)11(16)17/h9H,3-6H2,1-2H3,(H,16,17). The third-order valence-corrected chi connectivity index (χ3v) is 3.75. The molecule has 0 aromatic carbocycles. The number of hydrogen-bond acceptors (Lipinski definition) is 3. The average molecular weight is 258 g/mol. The molecule has 1 aromatic heterocycles. The van der Waals surface area contributed by atoms with Crippen molar-refractivity contribution in [3.8, 4) is 0 Å². The van der Waals surface area contributed by atoms with Gasteiger partial charge in [0, 0.05) is 19.2 Å². The maximum atomic E-state index is 11.1. The van der Waals surface area contributed by atoms with E-state index in [1.54, 1.807) is 11.7 Å². The number of likely N-dealkylation sites (tertiary alicyclic amines) is 1. The van der Waals surface area contributed by atoms with Crippen LogP contribution in [0.3, 0.4) is 0 Å². The molecule has 1 N–H and O–H groups in total. The molecule has 94 valence electrons. The summed E-state index contributed by atoms with van der Waals surface area (Å²) in [5.74, 6) is -0.750. The SMILES string of the molecule is Cc1nn(C)c(Cl)c1CN1CCCC1C(=O)O. The minimum absolute atomic E-state index is 0.384. The Bertz CT molecular complexity index is 444. The lowest BCUT2D eigenvalue weighted by Crippen LogP contribution is -2.35. The molecule has 0 spiro atoms. The molecule has 1 atom stereocenters. The molecule has 0 amide bonds. The molecule has 0 radical (unpaired) electrons. The van der Waals surface area contributed by atoms with Gasteiger partial charge in [-0.25, -0.2) is 0 Å². The molecule has 17 heavy (non-hydrogen) atoms. The fourth-order valence-electron chi connectivity index (χ4n) is 2.35. The summed E-state index contributed by atoms with van der Waals surface area (Å²) in [4.78, 5) is 13.0. The Balaban J connectivity index is 2.18. The van der Waals surface area contributed by atoms with Gasteiger partial charge < -0.3 is 5.11 Å². The van der Waals surface area contributed by atoms with Crippen LogP contribution in [0.5, 0.6) is 0 Å². The molecule has 0 bridgehead atoms. The van der Waals surface area contributed by atoms with Crippen LogP contribution in [0.1, 0.15) is 24.1 Å². The van der Waals surface area contributed by atoms with Gasteiger partial charge in [0.05, 0.1) is 5.69 Å². The van der Waals surface area contributed by atoms with Crippen molar-refractivity contribution in [3.05, 3.63) is 16.4 Å². The molecule has 1 aliphatic heterocycles. The molecule has 1 aromatic rings. The highest BCUT2D eigenvalue weighted by molar-refractivity contribution is 6.30. The van der Waals surface area contributed by atoms with E-state index in [0.29, 0.717) is 18.1 Å². The van der Waals surface area contributed by atoms with Crippen LogP contribution in [0.4, 0.5) is 0 Å². The second-order valence-electron chi connectivity index (χ2n) is 4.45.